The summed E-state index contributed by atoms with van der Waals surface area (Å²) >= 11 is 0. The van der Waals surface area contributed by atoms with Crippen molar-refractivity contribution < 1.29 is 0 Å². The van der Waals surface area contributed by atoms with E-state index in [9.17, 15) is 0 Å². The van der Waals surface area contributed by atoms with Crippen LogP contribution >= 0.6 is 0 Å². The van der Waals surface area contributed by atoms with Crippen LogP contribution in [0, 0.1) is 0 Å². The Kier molecular flexibility index (Phi) is 3.68. The Balaban J connectivity index is 2.27. The van der Waals surface area contributed by atoms with Gasteiger partial charge in [0.2, 0.25) is 0 Å². The Morgan fingerprint density at radius 3 is 2.44 bits per heavy atom. The summed E-state index contributed by atoms with van der Waals surface area (Å²) < 4.78 is 0. The lowest BCUT2D eigenvalue weighted by molar-refractivity contribution is 0.356. The number of hydrogen-bond acceptors (Lipinski definition) is 2. The minimum atomic E-state index is 0.851. The van der Waals surface area contributed by atoms with Gasteiger partial charge < -0.3 is 5.73 Å². The Morgan fingerprint density at radius 1 is 1.22 bits per heavy atom. The molecule has 2 rings (SSSR count). The van der Waals surface area contributed by atoms with E-state index in [4.69, 9.17) is 5.73 Å². The number of likely N-dealkylation sites (N-methyl/N-ethyl adjacent to an activating group) is 1. The van der Waals surface area contributed by atoms with Crippen LogP contribution in [0.2, 0.25) is 0 Å². The number of nitrogen functional groups attached to an aromatic ring is 1. The Morgan fingerprint density at radius 2 is 1.83 bits per heavy atom. The number of nitrogens with zero attached hydrogens (tertiary/aromatic N) is 1. The zero-order valence-corrected chi connectivity index (χ0v) is 11.1. The second-order valence-electron chi connectivity index (χ2n) is 5.03. The number of benzene rings is 2. The molecule has 2 N–H and O–H groups in total. The van der Waals surface area contributed by atoms with Gasteiger partial charge in [-0.3, -0.25) is 4.90 Å². The van der Waals surface area contributed by atoms with Crippen LogP contribution in [0.1, 0.15) is 12.5 Å². The van der Waals surface area contributed by atoms with Crippen LogP contribution in [-0.2, 0) is 6.54 Å². The van der Waals surface area contributed by atoms with Gasteiger partial charge in [0.05, 0.1) is 0 Å². The number of nitrogens with two attached hydrogens (primary N) is 1. The summed E-state index contributed by atoms with van der Waals surface area (Å²) in [6.45, 7) is 7.72. The van der Waals surface area contributed by atoms with E-state index in [1.54, 1.807) is 0 Å². The van der Waals surface area contributed by atoms with E-state index in [1.807, 2.05) is 13.0 Å². The molecule has 2 nitrogen and oxygen atoms in total. The highest BCUT2D eigenvalue weighted by molar-refractivity contribution is 5.86. The molecule has 0 aliphatic heterocycles. The van der Waals surface area contributed by atoms with Gasteiger partial charge in [-0.05, 0) is 42.4 Å². The highest BCUT2D eigenvalue weighted by atomic mass is 15.1. The van der Waals surface area contributed by atoms with Crippen LogP contribution in [0.15, 0.2) is 48.6 Å². The third kappa shape index (κ3) is 2.90. The summed E-state index contributed by atoms with van der Waals surface area (Å²) in [5.74, 6) is 0. The standard InChI is InChI=1S/C16H20N2/c1-12(2)10-18(3)11-15-8-13-6-4-5-7-14(13)9-16(15)17/h4-9H,1,10-11,17H2,2-3H3. The van der Waals surface area contributed by atoms with Gasteiger partial charge in [0.1, 0.15) is 0 Å². The minimum Gasteiger partial charge on any atom is -0.398 e. The van der Waals surface area contributed by atoms with Crippen molar-refractivity contribution in [3.63, 3.8) is 0 Å². The lowest BCUT2D eigenvalue weighted by Crippen LogP contribution is -2.20. The molecule has 0 aromatic heterocycles. The fourth-order valence-electron chi connectivity index (χ4n) is 2.25. The molecule has 2 heteroatoms. The van der Waals surface area contributed by atoms with Crippen LogP contribution in [-0.4, -0.2) is 18.5 Å². The summed E-state index contributed by atoms with van der Waals surface area (Å²) in [4.78, 5) is 2.22. The van der Waals surface area contributed by atoms with Crippen molar-refractivity contribution in [1.29, 1.82) is 0 Å². The van der Waals surface area contributed by atoms with Gasteiger partial charge in [0, 0.05) is 18.8 Å². The van der Waals surface area contributed by atoms with Gasteiger partial charge in [0.25, 0.3) is 0 Å². The Bertz CT molecular complexity index is 572. The highest BCUT2D eigenvalue weighted by Crippen LogP contribution is 2.22. The molecule has 0 unspecified atom stereocenters. The lowest BCUT2D eigenvalue weighted by atomic mass is 10.0. The maximum Gasteiger partial charge on any atom is 0.0366 e. The summed E-state index contributed by atoms with van der Waals surface area (Å²) in [7, 11) is 2.09. The summed E-state index contributed by atoms with van der Waals surface area (Å²) in [5.41, 5.74) is 9.32. The fourth-order valence-corrected chi connectivity index (χ4v) is 2.25. The SMILES string of the molecule is C=C(C)CN(C)Cc1cc2ccccc2cc1N. The Labute approximate surface area is 109 Å². The van der Waals surface area contributed by atoms with Crippen molar-refractivity contribution in [2.75, 3.05) is 19.3 Å². The Hall–Kier alpha value is -1.80. The molecular formula is C16H20N2. The highest BCUT2D eigenvalue weighted by Gasteiger charge is 2.05. The molecule has 18 heavy (non-hydrogen) atoms. The van der Waals surface area contributed by atoms with E-state index in [-0.39, 0.29) is 0 Å². The van der Waals surface area contributed by atoms with E-state index >= 15 is 0 Å². The first-order valence-electron chi connectivity index (χ1n) is 6.16. The number of rotatable bonds is 4. The van der Waals surface area contributed by atoms with E-state index < -0.39 is 0 Å². The van der Waals surface area contributed by atoms with Crippen molar-refractivity contribution in [2.24, 2.45) is 0 Å². The smallest absolute Gasteiger partial charge is 0.0366 e. The van der Waals surface area contributed by atoms with Crippen LogP contribution in [0.3, 0.4) is 0 Å². The molecule has 0 aliphatic rings. The van der Waals surface area contributed by atoms with Crippen LogP contribution in [0.4, 0.5) is 5.69 Å². The molecule has 0 radical (unpaired) electrons. The number of anilines is 1. The first-order chi connectivity index (χ1) is 8.56. The molecule has 0 amide bonds. The number of hydrogen-bond donors (Lipinski definition) is 1. The van der Waals surface area contributed by atoms with Crippen LogP contribution in [0.5, 0.6) is 0 Å². The minimum absolute atomic E-state index is 0.851. The summed E-state index contributed by atoms with van der Waals surface area (Å²) in [6, 6.07) is 12.5. The van der Waals surface area contributed by atoms with Crippen LogP contribution < -0.4 is 5.73 Å². The van der Waals surface area contributed by atoms with Gasteiger partial charge in [-0.2, -0.15) is 0 Å². The van der Waals surface area contributed by atoms with E-state index in [0.717, 1.165) is 24.4 Å². The zero-order chi connectivity index (χ0) is 13.1. The van der Waals surface area contributed by atoms with Crippen molar-refractivity contribution in [3.8, 4) is 0 Å². The third-order valence-electron chi connectivity index (χ3n) is 2.99. The topological polar surface area (TPSA) is 29.3 Å². The van der Waals surface area contributed by atoms with Gasteiger partial charge in [0.15, 0.2) is 0 Å². The van der Waals surface area contributed by atoms with Gasteiger partial charge in [-0.25, -0.2) is 0 Å². The average molecular weight is 240 g/mol. The van der Waals surface area contributed by atoms with E-state index in [1.165, 1.54) is 16.3 Å². The van der Waals surface area contributed by atoms with Crippen molar-refractivity contribution in [1.82, 2.24) is 4.90 Å². The van der Waals surface area contributed by atoms with E-state index in [0.29, 0.717) is 0 Å². The molecule has 2 aromatic rings. The normalized spacial score (nSPS) is 11.1. The molecule has 0 heterocycles. The lowest BCUT2D eigenvalue weighted by Gasteiger charge is -2.18. The molecule has 94 valence electrons. The van der Waals surface area contributed by atoms with Crippen LogP contribution in [0.25, 0.3) is 10.8 Å². The van der Waals surface area contributed by atoms with Gasteiger partial charge in [-0.1, -0.05) is 36.4 Å². The molecule has 0 saturated carbocycles. The maximum absolute atomic E-state index is 6.12. The van der Waals surface area contributed by atoms with Crippen molar-refractivity contribution >= 4 is 16.5 Å². The number of fused-ring (bicyclic) bond motifs is 1. The molecule has 0 fully saturated rings. The first kappa shape index (κ1) is 12.7. The molecule has 0 spiro atoms. The summed E-state index contributed by atoms with van der Waals surface area (Å²) in [6.07, 6.45) is 0. The average Bonchev–Trinajstić information content (AvgIpc) is 2.29. The molecule has 0 saturated heterocycles. The monoisotopic (exact) mass is 240 g/mol. The molecule has 0 bridgehead atoms. The van der Waals surface area contributed by atoms with Gasteiger partial charge in [-0.15, -0.1) is 0 Å². The summed E-state index contributed by atoms with van der Waals surface area (Å²) in [5, 5.41) is 2.44. The second kappa shape index (κ2) is 5.23. The molecule has 0 atom stereocenters. The predicted octanol–water partition coefficient (Wildman–Crippen LogP) is 3.43. The second-order valence-corrected chi connectivity index (χ2v) is 5.03. The van der Waals surface area contributed by atoms with Gasteiger partial charge >= 0.3 is 0 Å². The molecular weight excluding hydrogens is 220 g/mol. The van der Waals surface area contributed by atoms with E-state index in [2.05, 4.69) is 48.9 Å². The largest absolute Gasteiger partial charge is 0.398 e. The predicted molar refractivity (Wildman–Crippen MR) is 79.5 cm³/mol. The zero-order valence-electron chi connectivity index (χ0n) is 11.1. The third-order valence-corrected chi connectivity index (χ3v) is 2.99. The van der Waals surface area contributed by atoms with Crippen molar-refractivity contribution in [3.05, 3.63) is 54.1 Å². The quantitative estimate of drug-likeness (QED) is 0.655. The maximum atomic E-state index is 6.12. The molecule has 2 aromatic carbocycles. The van der Waals surface area contributed by atoms with Crippen molar-refractivity contribution in [2.45, 2.75) is 13.5 Å². The molecule has 0 aliphatic carbocycles. The fraction of sp³-hybridized carbons (Fsp3) is 0.250. The first-order valence-corrected chi connectivity index (χ1v) is 6.16.